The van der Waals surface area contributed by atoms with Crippen molar-refractivity contribution in [2.24, 2.45) is 5.73 Å². The van der Waals surface area contributed by atoms with E-state index in [-0.39, 0.29) is 22.7 Å². The average Bonchev–Trinajstić information content (AvgIpc) is 2.90. The van der Waals surface area contributed by atoms with Crippen LogP contribution in [0, 0.1) is 0 Å². The van der Waals surface area contributed by atoms with Gasteiger partial charge in [0.05, 0.1) is 25.6 Å². The van der Waals surface area contributed by atoms with E-state index in [4.69, 9.17) is 20.3 Å². The number of nitrogens with zero attached hydrogens (tertiary/aromatic N) is 3. The van der Waals surface area contributed by atoms with Crippen molar-refractivity contribution in [2.45, 2.75) is 24.4 Å². The van der Waals surface area contributed by atoms with Crippen LogP contribution in [0.1, 0.15) is 16.7 Å². The summed E-state index contributed by atoms with van der Waals surface area (Å²) < 4.78 is 38.9. The SMILES string of the molecule is COc1cnc(C(N)=O)c(-c2ccn([C@@H]3O[C@H](CO)[C@@H](O)C3(F)F)c(=O)n2)c1. The number of aromatic nitrogens is 3. The number of carbonyl (C=O) groups is 1. The minimum absolute atomic E-state index is 0.0537. The molecule has 4 N–H and O–H groups in total. The van der Waals surface area contributed by atoms with Gasteiger partial charge in [0.15, 0.2) is 6.10 Å². The molecule has 0 unspecified atom stereocenters. The quantitative estimate of drug-likeness (QED) is 0.598. The highest BCUT2D eigenvalue weighted by molar-refractivity contribution is 5.97. The smallest absolute Gasteiger partial charge is 0.350 e. The lowest BCUT2D eigenvalue weighted by Gasteiger charge is -2.21. The van der Waals surface area contributed by atoms with E-state index in [2.05, 4.69) is 9.97 Å². The zero-order valence-corrected chi connectivity index (χ0v) is 14.5. The van der Waals surface area contributed by atoms with Crippen LogP contribution < -0.4 is 16.2 Å². The summed E-state index contributed by atoms with van der Waals surface area (Å²) in [5, 5.41) is 18.6. The fourth-order valence-corrected chi connectivity index (χ4v) is 2.81. The van der Waals surface area contributed by atoms with E-state index in [1.807, 2.05) is 0 Å². The van der Waals surface area contributed by atoms with Crippen LogP contribution in [0.25, 0.3) is 11.3 Å². The molecule has 3 heterocycles. The largest absolute Gasteiger partial charge is 0.495 e. The molecule has 0 saturated carbocycles. The molecule has 3 atom stereocenters. The van der Waals surface area contributed by atoms with Crippen LogP contribution in [-0.4, -0.2) is 62.5 Å². The summed E-state index contributed by atoms with van der Waals surface area (Å²) in [6.07, 6.45) is -3.80. The highest BCUT2D eigenvalue weighted by Crippen LogP contribution is 2.42. The normalized spacial score (nSPS) is 23.5. The lowest BCUT2D eigenvalue weighted by molar-refractivity contribution is -0.140. The number of alkyl halides is 2. The Morgan fingerprint density at radius 1 is 1.50 bits per heavy atom. The molecule has 0 spiro atoms. The Kier molecular flexibility index (Phi) is 5.10. The van der Waals surface area contributed by atoms with Gasteiger partial charge in [-0.25, -0.2) is 9.78 Å². The lowest BCUT2D eigenvalue weighted by atomic mass is 10.1. The molecule has 2 aromatic heterocycles. The monoisotopic (exact) mass is 398 g/mol. The molecule has 2 aromatic rings. The topological polar surface area (TPSA) is 150 Å². The first kappa shape index (κ1) is 19.8. The molecule has 3 rings (SSSR count). The number of rotatable bonds is 5. The van der Waals surface area contributed by atoms with Gasteiger partial charge in [-0.3, -0.25) is 9.36 Å². The van der Waals surface area contributed by atoms with Gasteiger partial charge in [0.25, 0.3) is 5.91 Å². The number of ether oxygens (including phenoxy) is 2. The summed E-state index contributed by atoms with van der Waals surface area (Å²) in [6.45, 7) is -0.856. The van der Waals surface area contributed by atoms with Gasteiger partial charge in [0.1, 0.15) is 17.5 Å². The third kappa shape index (κ3) is 3.21. The van der Waals surface area contributed by atoms with Gasteiger partial charge in [-0.15, -0.1) is 0 Å². The Morgan fingerprint density at radius 3 is 2.75 bits per heavy atom. The van der Waals surface area contributed by atoms with E-state index in [0.29, 0.717) is 4.57 Å². The second-order valence-electron chi connectivity index (χ2n) is 5.97. The number of nitrogens with two attached hydrogens (primary N) is 1. The number of carbonyl (C=O) groups excluding carboxylic acids is 1. The van der Waals surface area contributed by atoms with Crippen molar-refractivity contribution in [1.82, 2.24) is 14.5 Å². The molecule has 1 amide bonds. The molecular weight excluding hydrogens is 382 g/mol. The molecule has 10 nitrogen and oxygen atoms in total. The maximum atomic E-state index is 14.2. The summed E-state index contributed by atoms with van der Waals surface area (Å²) in [6, 6.07) is 2.55. The maximum absolute atomic E-state index is 14.2. The molecule has 0 aromatic carbocycles. The van der Waals surface area contributed by atoms with Crippen molar-refractivity contribution in [3.8, 4) is 17.0 Å². The fraction of sp³-hybridized carbons (Fsp3) is 0.375. The summed E-state index contributed by atoms with van der Waals surface area (Å²) in [5.74, 6) is -4.47. The lowest BCUT2D eigenvalue weighted by Crippen LogP contribution is -2.41. The number of methoxy groups -OCH3 is 1. The molecule has 12 heteroatoms. The van der Waals surface area contributed by atoms with Crippen molar-refractivity contribution < 1.29 is 33.3 Å². The van der Waals surface area contributed by atoms with Gasteiger partial charge < -0.3 is 25.4 Å². The van der Waals surface area contributed by atoms with Gasteiger partial charge in [-0.1, -0.05) is 0 Å². The van der Waals surface area contributed by atoms with Crippen LogP contribution in [-0.2, 0) is 4.74 Å². The Balaban J connectivity index is 2.05. The van der Waals surface area contributed by atoms with E-state index in [1.165, 1.54) is 25.4 Å². The first-order valence-electron chi connectivity index (χ1n) is 7.96. The van der Waals surface area contributed by atoms with Gasteiger partial charge in [0.2, 0.25) is 6.23 Å². The molecule has 1 aliphatic rings. The van der Waals surface area contributed by atoms with Crippen molar-refractivity contribution in [1.29, 1.82) is 0 Å². The predicted octanol–water partition coefficient (Wildman–Crippen LogP) is -0.701. The zero-order valence-electron chi connectivity index (χ0n) is 14.5. The minimum Gasteiger partial charge on any atom is -0.495 e. The molecular formula is C16H16F2N4O6. The van der Waals surface area contributed by atoms with Crippen LogP contribution >= 0.6 is 0 Å². The van der Waals surface area contributed by atoms with Gasteiger partial charge in [0, 0.05) is 11.8 Å². The summed E-state index contributed by atoms with van der Waals surface area (Å²) in [5.41, 5.74) is 3.96. The second-order valence-corrected chi connectivity index (χ2v) is 5.97. The molecule has 1 aliphatic heterocycles. The van der Waals surface area contributed by atoms with E-state index in [0.717, 1.165) is 6.20 Å². The molecule has 0 aliphatic carbocycles. The Hall–Kier alpha value is -2.96. The Labute approximate surface area is 156 Å². The van der Waals surface area contributed by atoms with Crippen LogP contribution in [0.15, 0.2) is 29.3 Å². The van der Waals surface area contributed by atoms with Crippen LogP contribution in [0.5, 0.6) is 5.75 Å². The van der Waals surface area contributed by atoms with E-state index < -0.39 is 42.6 Å². The highest BCUT2D eigenvalue weighted by atomic mass is 19.3. The van der Waals surface area contributed by atoms with E-state index in [1.54, 1.807) is 0 Å². The molecule has 1 fully saturated rings. The molecule has 28 heavy (non-hydrogen) atoms. The number of aliphatic hydroxyl groups excluding tert-OH is 2. The minimum atomic E-state index is -3.84. The van der Waals surface area contributed by atoms with Gasteiger partial charge in [-0.2, -0.15) is 13.8 Å². The summed E-state index contributed by atoms with van der Waals surface area (Å²) >= 11 is 0. The molecule has 150 valence electrons. The van der Waals surface area contributed by atoms with Crippen molar-refractivity contribution in [3.63, 3.8) is 0 Å². The number of pyridine rings is 1. The first-order chi connectivity index (χ1) is 13.2. The summed E-state index contributed by atoms with van der Waals surface area (Å²) in [4.78, 5) is 31.5. The van der Waals surface area contributed by atoms with Crippen molar-refractivity contribution >= 4 is 5.91 Å². The molecule has 1 saturated heterocycles. The molecule has 0 radical (unpaired) electrons. The van der Waals surface area contributed by atoms with Crippen molar-refractivity contribution in [2.75, 3.05) is 13.7 Å². The van der Waals surface area contributed by atoms with Gasteiger partial charge >= 0.3 is 11.6 Å². The number of hydrogen-bond donors (Lipinski definition) is 3. The number of primary amides is 1. The second kappa shape index (κ2) is 7.22. The van der Waals surface area contributed by atoms with Crippen LogP contribution in [0.4, 0.5) is 8.78 Å². The van der Waals surface area contributed by atoms with Crippen molar-refractivity contribution in [3.05, 3.63) is 40.7 Å². The Morgan fingerprint density at radius 2 is 2.21 bits per heavy atom. The number of aliphatic hydroxyl groups is 2. The third-order valence-electron chi connectivity index (χ3n) is 4.25. The Bertz CT molecular complexity index is 966. The average molecular weight is 398 g/mol. The fourth-order valence-electron chi connectivity index (χ4n) is 2.81. The maximum Gasteiger partial charge on any atom is 0.350 e. The standard InChI is InChI=1S/C16H16F2N4O6/c1-27-7-4-8(11(13(19)25)20-5-7)9-2-3-22(15(26)21-9)14-16(17,18)12(24)10(6-23)28-14/h2-5,10,12,14,23-24H,6H2,1H3,(H2,19,25)/t10-,12-,14-/m1/s1. The summed E-state index contributed by atoms with van der Waals surface area (Å²) in [7, 11) is 1.36. The molecule has 0 bridgehead atoms. The van der Waals surface area contributed by atoms with Crippen LogP contribution in [0.3, 0.4) is 0 Å². The zero-order chi connectivity index (χ0) is 20.6. The van der Waals surface area contributed by atoms with E-state index in [9.17, 15) is 23.5 Å². The van der Waals surface area contributed by atoms with Crippen LogP contribution in [0.2, 0.25) is 0 Å². The third-order valence-corrected chi connectivity index (χ3v) is 4.25. The predicted molar refractivity (Wildman–Crippen MR) is 88.7 cm³/mol. The highest BCUT2D eigenvalue weighted by Gasteiger charge is 2.59. The number of hydrogen-bond acceptors (Lipinski definition) is 8. The van der Waals surface area contributed by atoms with E-state index >= 15 is 0 Å². The number of amides is 1. The number of halogens is 2. The van der Waals surface area contributed by atoms with Gasteiger partial charge in [-0.05, 0) is 12.1 Å². The first-order valence-corrected chi connectivity index (χ1v) is 7.96.